The molecule has 2 aliphatic rings. The maximum absolute atomic E-state index is 13.0. The van der Waals surface area contributed by atoms with Crippen LogP contribution in [0.15, 0.2) is 0 Å². The molecule has 0 bridgehead atoms. The normalized spacial score (nSPS) is 31.1. The Bertz CT molecular complexity index is 285. The van der Waals surface area contributed by atoms with Crippen LogP contribution in [0.1, 0.15) is 66.2 Å². The van der Waals surface area contributed by atoms with Gasteiger partial charge in [-0.15, -0.1) is 0 Å². The lowest BCUT2D eigenvalue weighted by Gasteiger charge is -2.37. The largest absolute Gasteiger partial charge is 0.305 e. The van der Waals surface area contributed by atoms with Crippen molar-refractivity contribution in [2.24, 2.45) is 17.3 Å². The van der Waals surface area contributed by atoms with Crippen molar-refractivity contribution < 1.29 is 13.6 Å². The van der Waals surface area contributed by atoms with Gasteiger partial charge < -0.3 is 0 Å². The maximum atomic E-state index is 13.0. The molecule has 0 aromatic heterocycles. The zero-order chi connectivity index (χ0) is 14.0. The molecule has 2 aliphatic carbocycles. The number of rotatable bonds is 0. The van der Waals surface area contributed by atoms with Crippen molar-refractivity contribution in [3.63, 3.8) is 0 Å². The Hall–Kier alpha value is -0.470. The molecule has 0 spiro atoms. The van der Waals surface area contributed by atoms with E-state index in [-0.39, 0.29) is 24.7 Å². The van der Waals surface area contributed by atoms with Gasteiger partial charge in [0.15, 0.2) is 0 Å². The van der Waals surface area contributed by atoms with Gasteiger partial charge in [0.25, 0.3) is 0 Å². The van der Waals surface area contributed by atoms with E-state index < -0.39 is 11.7 Å². The summed E-state index contributed by atoms with van der Waals surface area (Å²) in [4.78, 5) is 11.0. The van der Waals surface area contributed by atoms with Gasteiger partial charge in [-0.2, -0.15) is 8.78 Å². The molecule has 0 heterocycles. The molecule has 0 radical (unpaired) electrons. The summed E-state index contributed by atoms with van der Waals surface area (Å²) in [6.07, 6.45) is 3.99. The van der Waals surface area contributed by atoms with Crippen LogP contribution in [0.4, 0.5) is 8.78 Å². The number of hydrogen-bond acceptors (Lipinski definition) is 1. The molecule has 106 valence electrons. The molecule has 0 N–H and O–H groups in total. The number of halogens is 2. The van der Waals surface area contributed by atoms with Crippen LogP contribution in [0.2, 0.25) is 0 Å². The maximum Gasteiger partial charge on any atom is 0.305 e. The van der Waals surface area contributed by atoms with Crippen molar-refractivity contribution in [3.05, 3.63) is 0 Å². The van der Waals surface area contributed by atoms with Crippen molar-refractivity contribution >= 4 is 5.78 Å². The summed E-state index contributed by atoms with van der Waals surface area (Å²) in [5.74, 6) is -3.46. The minimum atomic E-state index is -3.02. The fourth-order valence-corrected chi connectivity index (χ4v) is 2.65. The zero-order valence-electron chi connectivity index (χ0n) is 12.1. The van der Waals surface area contributed by atoms with E-state index in [1.54, 1.807) is 0 Å². The van der Waals surface area contributed by atoms with Gasteiger partial charge in [0, 0.05) is 12.8 Å². The minimum Gasteiger partial charge on any atom is -0.293 e. The predicted octanol–water partition coefficient (Wildman–Crippen LogP) is 4.84. The molecule has 1 nitrogen and oxygen atoms in total. The van der Waals surface area contributed by atoms with Crippen molar-refractivity contribution in [1.82, 2.24) is 0 Å². The number of fused-ring (bicyclic) bond motifs is 1. The lowest BCUT2D eigenvalue weighted by atomic mass is 9.69. The second-order valence-corrected chi connectivity index (χ2v) is 7.34. The van der Waals surface area contributed by atoms with Crippen molar-refractivity contribution in [2.45, 2.75) is 72.1 Å². The summed E-state index contributed by atoms with van der Waals surface area (Å²) in [7, 11) is 0. The van der Waals surface area contributed by atoms with E-state index in [0.717, 1.165) is 25.7 Å². The monoisotopic (exact) mass is 260 g/mol. The molecule has 0 aromatic carbocycles. The molecule has 0 amide bonds. The Morgan fingerprint density at radius 1 is 1.06 bits per heavy atom. The molecule has 2 saturated carbocycles. The highest BCUT2D eigenvalue weighted by Crippen LogP contribution is 2.44. The van der Waals surface area contributed by atoms with Crippen LogP contribution < -0.4 is 0 Å². The molecule has 2 rings (SSSR count). The van der Waals surface area contributed by atoms with Crippen LogP contribution in [-0.4, -0.2) is 11.7 Å². The second-order valence-electron chi connectivity index (χ2n) is 7.34. The molecule has 2 unspecified atom stereocenters. The molecule has 2 atom stereocenters. The minimum absolute atomic E-state index is 0.112. The van der Waals surface area contributed by atoms with Crippen LogP contribution in [0.3, 0.4) is 0 Å². The summed E-state index contributed by atoms with van der Waals surface area (Å²) in [5.41, 5.74) is 0.500. The number of carbonyl (C=O) groups excluding carboxylic acids is 1. The molecule has 18 heavy (non-hydrogen) atoms. The lowest BCUT2D eigenvalue weighted by Crippen LogP contribution is -2.41. The second kappa shape index (κ2) is 5.66. The number of Topliss-reactive ketones (excluding diaryl/α,β-unsaturated/α-hetero) is 1. The van der Waals surface area contributed by atoms with Gasteiger partial charge in [-0.3, -0.25) is 4.79 Å². The van der Waals surface area contributed by atoms with Crippen LogP contribution in [-0.2, 0) is 4.79 Å². The summed E-state index contributed by atoms with van der Waals surface area (Å²) >= 11 is 0. The smallest absolute Gasteiger partial charge is 0.293 e. The third-order valence-corrected chi connectivity index (χ3v) is 3.44. The fourth-order valence-electron chi connectivity index (χ4n) is 2.65. The van der Waals surface area contributed by atoms with E-state index in [1.165, 1.54) is 0 Å². The molecule has 3 heteroatoms. The lowest BCUT2D eigenvalue weighted by molar-refractivity contribution is -0.155. The Balaban J connectivity index is 0.000000280. The quantitative estimate of drug-likeness (QED) is 0.609. The number of carbonyl (C=O) groups is 1. The van der Waals surface area contributed by atoms with Crippen molar-refractivity contribution in [1.29, 1.82) is 0 Å². The van der Waals surface area contributed by atoms with Crippen LogP contribution in [0, 0.1) is 17.3 Å². The predicted molar refractivity (Wildman–Crippen MR) is 69.8 cm³/mol. The number of hydrogen-bond donors (Lipinski definition) is 0. The SMILES string of the molecule is CC(C)(C)C.O=C1CC2CCCCC2CC1(F)F. The third-order valence-electron chi connectivity index (χ3n) is 3.44. The molecule has 2 fully saturated rings. The summed E-state index contributed by atoms with van der Waals surface area (Å²) in [5, 5.41) is 0. The Labute approximate surface area is 109 Å². The molecule has 0 aromatic rings. The van der Waals surface area contributed by atoms with E-state index >= 15 is 0 Å². The molecule has 0 saturated heterocycles. The zero-order valence-corrected chi connectivity index (χ0v) is 12.1. The average Bonchev–Trinajstić information content (AvgIpc) is 2.16. The van der Waals surface area contributed by atoms with Gasteiger partial charge in [0.05, 0.1) is 0 Å². The Morgan fingerprint density at radius 3 is 2.00 bits per heavy atom. The first-order valence-corrected chi connectivity index (χ1v) is 7.01. The Kier molecular flexibility index (Phi) is 4.90. The number of ketones is 1. The average molecular weight is 260 g/mol. The van der Waals surface area contributed by atoms with Crippen LogP contribution in [0.5, 0.6) is 0 Å². The first kappa shape index (κ1) is 15.6. The third kappa shape index (κ3) is 5.03. The van der Waals surface area contributed by atoms with Gasteiger partial charge >= 0.3 is 5.92 Å². The van der Waals surface area contributed by atoms with E-state index in [1.807, 2.05) is 0 Å². The van der Waals surface area contributed by atoms with Crippen LogP contribution >= 0.6 is 0 Å². The van der Waals surface area contributed by atoms with Gasteiger partial charge in [-0.25, -0.2) is 0 Å². The first-order valence-electron chi connectivity index (χ1n) is 7.01. The van der Waals surface area contributed by atoms with E-state index in [0.29, 0.717) is 5.41 Å². The van der Waals surface area contributed by atoms with Crippen molar-refractivity contribution in [3.8, 4) is 0 Å². The molecule has 0 aliphatic heterocycles. The molecular weight excluding hydrogens is 234 g/mol. The topological polar surface area (TPSA) is 17.1 Å². The first-order chi connectivity index (χ1) is 8.09. The van der Waals surface area contributed by atoms with E-state index in [2.05, 4.69) is 27.7 Å². The Morgan fingerprint density at radius 2 is 1.50 bits per heavy atom. The van der Waals surface area contributed by atoms with E-state index in [9.17, 15) is 13.6 Å². The highest BCUT2D eigenvalue weighted by molar-refractivity contribution is 5.86. The van der Waals surface area contributed by atoms with E-state index in [4.69, 9.17) is 0 Å². The van der Waals surface area contributed by atoms with Gasteiger partial charge in [-0.1, -0.05) is 40.5 Å². The van der Waals surface area contributed by atoms with Gasteiger partial charge in [0.1, 0.15) is 0 Å². The molecular formula is C15H26F2O. The van der Waals surface area contributed by atoms with Gasteiger partial charge in [0.2, 0.25) is 5.78 Å². The highest BCUT2D eigenvalue weighted by Gasteiger charge is 2.48. The fraction of sp³-hybridized carbons (Fsp3) is 0.933. The van der Waals surface area contributed by atoms with Crippen molar-refractivity contribution in [2.75, 3.05) is 0 Å². The highest BCUT2D eigenvalue weighted by atomic mass is 19.3. The summed E-state index contributed by atoms with van der Waals surface area (Å²) in [6, 6.07) is 0. The standard InChI is InChI=1S/C10H14F2O.C5H12/c11-10(12)6-8-4-2-1-3-7(8)5-9(10)13;1-5(2,3)4/h7-8H,1-6H2;1-4H3. The number of alkyl halides is 2. The van der Waals surface area contributed by atoms with Gasteiger partial charge in [-0.05, 0) is 30.1 Å². The summed E-state index contributed by atoms with van der Waals surface area (Å²) in [6.45, 7) is 8.75. The van der Waals surface area contributed by atoms with Crippen LogP contribution in [0.25, 0.3) is 0 Å². The summed E-state index contributed by atoms with van der Waals surface area (Å²) < 4.78 is 26.0.